The van der Waals surface area contributed by atoms with Gasteiger partial charge in [0, 0.05) is 5.56 Å². The van der Waals surface area contributed by atoms with Crippen LogP contribution in [0.25, 0.3) is 0 Å². The maximum atomic E-state index is 12.7. The third kappa shape index (κ3) is 4.17. The maximum absolute atomic E-state index is 12.7. The smallest absolute Gasteiger partial charge is 0.360 e. The molecule has 5 N–H and O–H groups in total. The number of Topliss-reactive ketones (excluding diaryl/α,β-unsaturated/α-hetero) is 1. The van der Waals surface area contributed by atoms with Crippen LogP contribution in [0.5, 0.6) is 0 Å². The summed E-state index contributed by atoms with van der Waals surface area (Å²) in [7, 11) is 0. The van der Waals surface area contributed by atoms with E-state index in [0.29, 0.717) is 0 Å². The first-order valence-corrected chi connectivity index (χ1v) is 7.33. The van der Waals surface area contributed by atoms with Gasteiger partial charge >= 0.3 is 23.5 Å². The Morgan fingerprint density at radius 1 is 0.815 bits per heavy atom. The molecule has 0 amide bonds. The predicted octanol–water partition coefficient (Wildman–Crippen LogP) is 0.170. The molecule has 2 aromatic rings. The molecule has 2 aromatic carbocycles. The van der Waals surface area contributed by atoms with Crippen LogP contribution in [0.1, 0.15) is 20.7 Å². The van der Waals surface area contributed by atoms with E-state index in [-0.39, 0.29) is 16.6 Å². The molecule has 0 unspecified atom stereocenters. The van der Waals surface area contributed by atoms with Crippen LogP contribution in [0.3, 0.4) is 0 Å². The molecule has 2 rings (SSSR count). The highest BCUT2D eigenvalue weighted by Gasteiger charge is 2.59. The van der Waals surface area contributed by atoms with Crippen LogP contribution in [0.15, 0.2) is 60.7 Å². The number of esters is 1. The Morgan fingerprint density at radius 2 is 1.26 bits per heavy atom. The molecule has 0 aliphatic heterocycles. The average Bonchev–Trinajstić information content (AvgIpc) is 2.65. The summed E-state index contributed by atoms with van der Waals surface area (Å²) >= 11 is 0. The highest BCUT2D eigenvalue weighted by atomic mass is 16.6. The van der Waals surface area contributed by atoms with Crippen molar-refractivity contribution in [3.05, 3.63) is 71.8 Å². The first-order chi connectivity index (χ1) is 12.3. The van der Waals surface area contributed by atoms with Crippen LogP contribution >= 0.6 is 0 Å². The Bertz CT molecular complexity index is 832. The van der Waals surface area contributed by atoms with Crippen molar-refractivity contribution in [1.82, 2.24) is 0 Å². The molecule has 27 heavy (non-hydrogen) atoms. The summed E-state index contributed by atoms with van der Waals surface area (Å²) in [6.07, 6.45) is -2.82. The number of benzene rings is 2. The Morgan fingerprint density at radius 3 is 1.67 bits per heavy atom. The van der Waals surface area contributed by atoms with Crippen LogP contribution in [-0.4, -0.2) is 56.2 Å². The van der Waals surface area contributed by atoms with Crippen molar-refractivity contribution in [3.8, 4) is 0 Å². The number of ether oxygens (including phenoxy) is 1. The van der Waals surface area contributed by atoms with Gasteiger partial charge in [-0.2, -0.15) is 0 Å². The molecular formula is C18H16O9. The third-order valence-corrected chi connectivity index (χ3v) is 3.57. The first-order valence-electron chi connectivity index (χ1n) is 7.33. The molecular weight excluding hydrogens is 360 g/mol. The van der Waals surface area contributed by atoms with Gasteiger partial charge in [0.2, 0.25) is 11.9 Å². The van der Waals surface area contributed by atoms with Crippen LogP contribution in [0.2, 0.25) is 0 Å². The Labute approximate surface area is 152 Å². The molecule has 9 nitrogen and oxygen atoms in total. The van der Waals surface area contributed by atoms with Gasteiger partial charge in [-0.05, 0) is 12.1 Å². The van der Waals surface area contributed by atoms with Gasteiger partial charge in [0.25, 0.3) is 0 Å². The molecule has 142 valence electrons. The molecule has 9 heteroatoms. The Kier molecular flexibility index (Phi) is 6.92. The number of carbonyl (C=O) groups excluding carboxylic acids is 2. The van der Waals surface area contributed by atoms with Crippen molar-refractivity contribution >= 4 is 23.7 Å². The van der Waals surface area contributed by atoms with Crippen molar-refractivity contribution in [2.45, 2.75) is 11.7 Å². The zero-order chi connectivity index (χ0) is 19.3. The van der Waals surface area contributed by atoms with E-state index >= 15 is 0 Å². The molecule has 0 aliphatic carbocycles. The summed E-state index contributed by atoms with van der Waals surface area (Å²) in [6, 6.07) is 13.9. The van der Waals surface area contributed by atoms with Gasteiger partial charge in [0.05, 0.1) is 5.56 Å². The third-order valence-electron chi connectivity index (χ3n) is 3.57. The zero-order valence-corrected chi connectivity index (χ0v) is 13.7. The fourth-order valence-corrected chi connectivity index (χ4v) is 2.24. The van der Waals surface area contributed by atoms with Crippen molar-refractivity contribution < 1.29 is 44.7 Å². The molecule has 0 aromatic heterocycles. The number of aliphatic hydroxyl groups excluding tert-OH is 1. The van der Waals surface area contributed by atoms with Crippen molar-refractivity contribution in [1.29, 1.82) is 0 Å². The molecule has 0 saturated carbocycles. The van der Waals surface area contributed by atoms with Crippen LogP contribution in [0, 0.1) is 0 Å². The van der Waals surface area contributed by atoms with E-state index in [2.05, 4.69) is 0 Å². The number of carbonyl (C=O) groups is 4. The lowest BCUT2D eigenvalue weighted by molar-refractivity contribution is -0.176. The molecule has 0 heterocycles. The number of ketones is 1. The topological polar surface area (TPSA) is 170 Å². The summed E-state index contributed by atoms with van der Waals surface area (Å²) in [5.74, 6) is -6.77. The van der Waals surface area contributed by atoms with Crippen molar-refractivity contribution in [2.24, 2.45) is 0 Å². The number of rotatable bonds is 7. The predicted molar refractivity (Wildman–Crippen MR) is 90.3 cm³/mol. The summed E-state index contributed by atoms with van der Waals surface area (Å²) in [6.45, 7) is 0. The molecule has 0 saturated heterocycles. The lowest BCUT2D eigenvalue weighted by atomic mass is 9.87. The van der Waals surface area contributed by atoms with E-state index in [1.165, 1.54) is 48.5 Å². The van der Waals surface area contributed by atoms with E-state index < -0.39 is 35.4 Å². The van der Waals surface area contributed by atoms with Crippen LogP contribution in [0.4, 0.5) is 0 Å². The fourth-order valence-electron chi connectivity index (χ4n) is 2.24. The summed E-state index contributed by atoms with van der Waals surface area (Å²) < 4.78 is 4.81. The van der Waals surface area contributed by atoms with Gasteiger partial charge in [-0.1, -0.05) is 48.5 Å². The quantitative estimate of drug-likeness (QED) is 0.349. The molecule has 0 spiro atoms. The monoisotopic (exact) mass is 376 g/mol. The molecule has 0 fully saturated rings. The SMILES string of the molecule is O.O=C(O[C@@](C(=O)O)(C(=O)c1ccccc1)[C@H](O)C(=O)O)c1ccccc1. The number of aliphatic hydroxyl groups is 1. The second-order valence-corrected chi connectivity index (χ2v) is 5.23. The lowest BCUT2D eigenvalue weighted by Crippen LogP contribution is -2.61. The average molecular weight is 376 g/mol. The second-order valence-electron chi connectivity index (χ2n) is 5.23. The van der Waals surface area contributed by atoms with E-state index in [4.69, 9.17) is 9.84 Å². The largest absolute Gasteiger partial charge is 0.479 e. The van der Waals surface area contributed by atoms with Gasteiger partial charge in [0.1, 0.15) is 0 Å². The summed E-state index contributed by atoms with van der Waals surface area (Å²) in [4.78, 5) is 48.1. The van der Waals surface area contributed by atoms with E-state index in [0.717, 1.165) is 0 Å². The molecule has 0 aliphatic rings. The number of carboxylic acids is 2. The lowest BCUT2D eigenvalue weighted by Gasteiger charge is -2.30. The van der Waals surface area contributed by atoms with Crippen molar-refractivity contribution in [3.63, 3.8) is 0 Å². The van der Waals surface area contributed by atoms with Crippen LogP contribution in [-0.2, 0) is 14.3 Å². The standard InChI is InChI=1S/C18H14O8.H2O/c19-13(11-7-3-1-4-8-11)18(17(24)25,14(20)15(21)22)26-16(23)12-9-5-2-6-10-12;/h1-10,14,20H,(H,21,22)(H,24,25);1H2/t14-,18+;/m1./s1. The minimum Gasteiger partial charge on any atom is -0.479 e. The minimum atomic E-state index is -3.35. The van der Waals surface area contributed by atoms with Crippen LogP contribution < -0.4 is 0 Å². The highest BCUT2D eigenvalue weighted by molar-refractivity contribution is 6.19. The molecule has 0 bridgehead atoms. The first kappa shape index (κ1) is 21.5. The number of carboxylic acid groups (broad SMARTS) is 2. The minimum absolute atomic E-state index is 0. The second kappa shape index (κ2) is 8.70. The van der Waals surface area contributed by atoms with Gasteiger partial charge in [-0.3, -0.25) is 4.79 Å². The Hall–Kier alpha value is -3.56. The van der Waals surface area contributed by atoms with E-state index in [1.807, 2.05) is 0 Å². The number of aliphatic carboxylic acids is 2. The summed E-state index contributed by atoms with van der Waals surface area (Å²) in [5, 5.41) is 28.6. The normalized spacial score (nSPS) is 13.4. The van der Waals surface area contributed by atoms with Gasteiger partial charge in [-0.15, -0.1) is 0 Å². The number of hydrogen-bond donors (Lipinski definition) is 3. The van der Waals surface area contributed by atoms with Gasteiger partial charge in [-0.25, -0.2) is 14.4 Å². The highest BCUT2D eigenvalue weighted by Crippen LogP contribution is 2.25. The van der Waals surface area contributed by atoms with E-state index in [1.54, 1.807) is 12.1 Å². The van der Waals surface area contributed by atoms with E-state index in [9.17, 15) is 29.4 Å². The number of hydrogen-bond acceptors (Lipinski definition) is 6. The maximum Gasteiger partial charge on any atom is 0.360 e. The van der Waals surface area contributed by atoms with Gasteiger partial charge in [0.15, 0.2) is 0 Å². The molecule has 0 radical (unpaired) electrons. The zero-order valence-electron chi connectivity index (χ0n) is 13.7. The van der Waals surface area contributed by atoms with Crippen molar-refractivity contribution in [2.75, 3.05) is 0 Å². The summed E-state index contributed by atoms with van der Waals surface area (Å²) in [5.41, 5.74) is -3.70. The fraction of sp³-hybridized carbons (Fsp3) is 0.111. The molecule has 2 atom stereocenters. The van der Waals surface area contributed by atoms with Gasteiger partial charge < -0.3 is 25.5 Å². The Balaban J connectivity index is 0.00000364.